The van der Waals surface area contributed by atoms with Crippen LogP contribution in [0.2, 0.25) is 0 Å². The molecule has 0 atom stereocenters. The van der Waals surface area contributed by atoms with Crippen LogP contribution in [0.4, 0.5) is 10.1 Å². The average Bonchev–Trinajstić information content (AvgIpc) is 3.17. The number of nitrogens with one attached hydrogen (secondary N) is 1. The van der Waals surface area contributed by atoms with Crippen molar-refractivity contribution >= 4 is 34.2 Å². The van der Waals surface area contributed by atoms with Crippen molar-refractivity contribution in [2.45, 2.75) is 19.3 Å². The zero-order valence-electron chi connectivity index (χ0n) is 29.2. The third-order valence-electron chi connectivity index (χ3n) is 10.6. The number of fused-ring (bicyclic) bond motifs is 1. The summed E-state index contributed by atoms with van der Waals surface area (Å²) in [4.78, 5) is 65.8. The largest absolute Gasteiger partial charge is 0.397 e. The highest BCUT2D eigenvalue weighted by Gasteiger charge is 2.30. The lowest BCUT2D eigenvalue weighted by molar-refractivity contribution is -0.134. The number of amides is 3. The Morgan fingerprint density at radius 1 is 0.788 bits per heavy atom. The van der Waals surface area contributed by atoms with Gasteiger partial charge in [-0.2, -0.15) is 5.10 Å². The highest BCUT2D eigenvalue weighted by Crippen LogP contribution is 2.23. The van der Waals surface area contributed by atoms with Gasteiger partial charge in [0.25, 0.3) is 17.4 Å². The summed E-state index contributed by atoms with van der Waals surface area (Å²) in [6, 6.07) is 15.1. The summed E-state index contributed by atoms with van der Waals surface area (Å²) in [7, 11) is 0. The Kier molecular flexibility index (Phi) is 10.5. The summed E-state index contributed by atoms with van der Waals surface area (Å²) in [5.74, 6) is -0.551. The number of H-pyrrole nitrogens is 1. The minimum absolute atomic E-state index is 0.0161. The molecule has 3 aliphatic heterocycles. The number of carbonyl (C=O) groups is 3. The summed E-state index contributed by atoms with van der Waals surface area (Å²) in [5, 5.41) is 7.97. The molecule has 13 nitrogen and oxygen atoms in total. The number of piperazine rings is 2. The van der Waals surface area contributed by atoms with E-state index in [1.807, 2.05) is 17.0 Å². The molecular formula is C38H44FN9O4. The Hall–Kier alpha value is -5.21. The van der Waals surface area contributed by atoms with Gasteiger partial charge in [-0.25, -0.2) is 14.5 Å². The molecule has 0 saturated carbocycles. The number of piperidine rings is 1. The minimum atomic E-state index is -0.600. The fourth-order valence-corrected chi connectivity index (χ4v) is 7.53. The number of anilines is 1. The summed E-state index contributed by atoms with van der Waals surface area (Å²) >= 11 is 0. The predicted molar refractivity (Wildman–Crippen MR) is 194 cm³/mol. The van der Waals surface area contributed by atoms with E-state index in [4.69, 9.17) is 5.73 Å². The summed E-state index contributed by atoms with van der Waals surface area (Å²) in [6.45, 7) is 7.54. The van der Waals surface area contributed by atoms with Crippen molar-refractivity contribution in [1.82, 2.24) is 39.7 Å². The lowest BCUT2D eigenvalue weighted by Gasteiger charge is -2.40. The van der Waals surface area contributed by atoms with Crippen LogP contribution in [0.25, 0.3) is 10.8 Å². The second-order valence-electron chi connectivity index (χ2n) is 14.0. The molecule has 3 aliphatic rings. The van der Waals surface area contributed by atoms with E-state index in [1.54, 1.807) is 52.4 Å². The number of carbonyl (C=O) groups excluding carboxylic acids is 3. The molecule has 7 rings (SSSR count). The molecule has 14 heteroatoms. The monoisotopic (exact) mass is 709 g/mol. The maximum Gasteiger partial charge on any atom is 0.274 e. The highest BCUT2D eigenvalue weighted by atomic mass is 19.1. The van der Waals surface area contributed by atoms with Gasteiger partial charge in [0, 0.05) is 90.0 Å². The molecule has 2 aromatic heterocycles. The number of aromatic amines is 1. The van der Waals surface area contributed by atoms with Crippen LogP contribution in [-0.4, -0.2) is 136 Å². The van der Waals surface area contributed by atoms with Gasteiger partial charge in [0.15, 0.2) is 5.69 Å². The molecule has 0 radical (unpaired) electrons. The first-order valence-electron chi connectivity index (χ1n) is 18.0. The summed E-state index contributed by atoms with van der Waals surface area (Å²) < 4.78 is 15.0. The molecule has 3 fully saturated rings. The van der Waals surface area contributed by atoms with Crippen molar-refractivity contribution in [2.75, 3.05) is 84.3 Å². The number of halogens is 1. The third kappa shape index (κ3) is 7.82. The number of aromatic nitrogens is 3. The fraction of sp³-hybridized carbons (Fsp3) is 0.421. The maximum absolute atomic E-state index is 15.0. The lowest BCUT2D eigenvalue weighted by Crippen LogP contribution is -2.55. The molecule has 0 spiro atoms. The summed E-state index contributed by atoms with van der Waals surface area (Å²) in [6.07, 6.45) is 3.79. The van der Waals surface area contributed by atoms with E-state index < -0.39 is 11.7 Å². The molecule has 0 bridgehead atoms. The van der Waals surface area contributed by atoms with Crippen LogP contribution < -0.4 is 11.3 Å². The Bertz CT molecular complexity index is 2000. The van der Waals surface area contributed by atoms with Gasteiger partial charge < -0.3 is 25.3 Å². The number of hydrogen-bond donors (Lipinski definition) is 2. The van der Waals surface area contributed by atoms with E-state index in [-0.39, 0.29) is 22.9 Å². The Morgan fingerprint density at radius 3 is 2.19 bits per heavy atom. The van der Waals surface area contributed by atoms with Crippen LogP contribution in [0.5, 0.6) is 0 Å². The summed E-state index contributed by atoms with van der Waals surface area (Å²) in [5.41, 5.74) is 7.73. The number of nitrogen functional groups attached to an aromatic ring is 1. The van der Waals surface area contributed by atoms with Gasteiger partial charge in [-0.05, 0) is 54.7 Å². The van der Waals surface area contributed by atoms with Crippen molar-refractivity contribution in [3.05, 3.63) is 99.5 Å². The van der Waals surface area contributed by atoms with Gasteiger partial charge >= 0.3 is 0 Å². The molecular weight excluding hydrogens is 665 g/mol. The van der Waals surface area contributed by atoms with Crippen LogP contribution >= 0.6 is 0 Å². The van der Waals surface area contributed by atoms with Crippen molar-refractivity contribution < 1.29 is 18.8 Å². The number of rotatable bonds is 8. The predicted octanol–water partition coefficient (Wildman–Crippen LogP) is 2.08. The standard InChI is InChI=1S/C38H44FN9O4/c39-31-8-7-27(23-33-28-4-1-2-5-29(28)36(50)43-42-33)22-30(31)37(51)48-20-18-46(19-21-48)34(49)25-45-16-14-44(15-17-45)24-26-9-12-47(13-10-26)38(52)35-32(40)6-3-11-41-35/h1-8,11,22,26H,9-10,12-21,23-25,40H2,(H,43,50). The van der Waals surface area contributed by atoms with Crippen LogP contribution in [0.3, 0.4) is 0 Å². The normalized spacial score (nSPS) is 17.8. The quantitative estimate of drug-likeness (QED) is 0.280. The van der Waals surface area contributed by atoms with E-state index in [1.165, 1.54) is 6.07 Å². The number of hydrogen-bond acceptors (Lipinski definition) is 9. The van der Waals surface area contributed by atoms with Crippen molar-refractivity contribution in [3.63, 3.8) is 0 Å². The van der Waals surface area contributed by atoms with Gasteiger partial charge in [-0.15, -0.1) is 0 Å². The van der Waals surface area contributed by atoms with E-state index in [0.717, 1.165) is 45.6 Å². The Balaban J connectivity index is 0.844. The van der Waals surface area contributed by atoms with E-state index in [9.17, 15) is 23.6 Å². The third-order valence-corrected chi connectivity index (χ3v) is 10.6. The number of pyridine rings is 1. The molecule has 3 amide bonds. The van der Waals surface area contributed by atoms with E-state index in [2.05, 4.69) is 25.0 Å². The Morgan fingerprint density at radius 2 is 1.46 bits per heavy atom. The van der Waals surface area contributed by atoms with Gasteiger partial charge in [-0.1, -0.05) is 24.3 Å². The minimum Gasteiger partial charge on any atom is -0.397 e. The van der Waals surface area contributed by atoms with Crippen LogP contribution in [0.15, 0.2) is 65.6 Å². The van der Waals surface area contributed by atoms with Crippen molar-refractivity contribution in [2.24, 2.45) is 5.92 Å². The van der Waals surface area contributed by atoms with Gasteiger partial charge in [0.1, 0.15) is 5.82 Å². The van der Waals surface area contributed by atoms with Gasteiger partial charge in [-0.3, -0.25) is 24.1 Å². The molecule has 0 aliphatic carbocycles. The van der Waals surface area contributed by atoms with Crippen LogP contribution in [0.1, 0.15) is 44.9 Å². The average molecular weight is 710 g/mol. The van der Waals surface area contributed by atoms with Crippen LogP contribution in [0, 0.1) is 11.7 Å². The fourth-order valence-electron chi connectivity index (χ4n) is 7.53. The smallest absolute Gasteiger partial charge is 0.274 e. The molecule has 5 heterocycles. The van der Waals surface area contributed by atoms with Gasteiger partial charge in [0.05, 0.1) is 28.9 Å². The van der Waals surface area contributed by atoms with Crippen molar-refractivity contribution in [3.8, 4) is 0 Å². The number of nitrogens with zero attached hydrogens (tertiary/aromatic N) is 7. The topological polar surface area (TPSA) is 152 Å². The molecule has 3 N–H and O–H groups in total. The van der Waals surface area contributed by atoms with Gasteiger partial charge in [0.2, 0.25) is 5.91 Å². The maximum atomic E-state index is 15.0. The first-order chi connectivity index (χ1) is 25.2. The molecule has 272 valence electrons. The number of likely N-dealkylation sites (tertiary alicyclic amines) is 1. The zero-order valence-corrected chi connectivity index (χ0v) is 29.2. The van der Waals surface area contributed by atoms with Crippen LogP contribution in [-0.2, 0) is 11.2 Å². The molecule has 2 aromatic carbocycles. The molecule has 52 heavy (non-hydrogen) atoms. The number of nitrogens with two attached hydrogens (primary N) is 1. The first kappa shape index (κ1) is 35.2. The lowest BCUT2D eigenvalue weighted by atomic mass is 9.95. The molecule has 0 unspecified atom stereocenters. The molecule has 3 saturated heterocycles. The first-order valence-corrected chi connectivity index (χ1v) is 18.0. The zero-order chi connectivity index (χ0) is 36.2. The van der Waals surface area contributed by atoms with Crippen molar-refractivity contribution in [1.29, 1.82) is 0 Å². The second kappa shape index (κ2) is 15.6. The highest BCUT2D eigenvalue weighted by molar-refractivity contribution is 5.97. The second-order valence-corrected chi connectivity index (χ2v) is 14.0. The Labute approximate surface area is 301 Å². The van der Waals surface area contributed by atoms with E-state index >= 15 is 0 Å². The van der Waals surface area contributed by atoms with E-state index in [0.29, 0.717) is 91.6 Å². The molecule has 4 aromatic rings. The SMILES string of the molecule is Nc1cccnc1C(=O)N1CCC(CN2CCN(CC(=O)N3CCN(C(=O)c4cc(Cc5n[nH]c(=O)c6ccccc56)ccc4F)CC3)CC2)CC1. The number of benzene rings is 2.